The number of ether oxygens (including phenoxy) is 2. The molecule has 0 bridgehead atoms. The molecule has 0 aliphatic carbocycles. The van der Waals surface area contributed by atoms with Crippen LogP contribution in [0.3, 0.4) is 0 Å². The molecule has 0 saturated heterocycles. The smallest absolute Gasteiger partial charge is 0.259 e. The molecule has 4 nitrogen and oxygen atoms in total. The average Bonchev–Trinajstić information content (AvgIpc) is 2.70. The largest absolute Gasteiger partial charge is 0.490 e. The maximum absolute atomic E-state index is 12.7. The Morgan fingerprint density at radius 3 is 2.33 bits per heavy atom. The summed E-state index contributed by atoms with van der Waals surface area (Å²) < 4.78 is 11.4. The zero-order chi connectivity index (χ0) is 19.1. The first-order chi connectivity index (χ1) is 13.1. The van der Waals surface area contributed by atoms with Crippen LogP contribution >= 0.6 is 0 Å². The number of rotatable bonds is 7. The highest BCUT2D eigenvalue weighted by Gasteiger charge is 2.13. The highest BCUT2D eigenvalue weighted by Crippen LogP contribution is 2.22. The molecule has 3 aromatic rings. The van der Waals surface area contributed by atoms with Crippen LogP contribution in [0.1, 0.15) is 21.5 Å². The van der Waals surface area contributed by atoms with Crippen molar-refractivity contribution in [3.63, 3.8) is 0 Å². The Labute approximate surface area is 159 Å². The van der Waals surface area contributed by atoms with Gasteiger partial charge in [-0.3, -0.25) is 4.79 Å². The minimum absolute atomic E-state index is 0.191. The fraction of sp³-hybridized carbons (Fsp3) is 0.174. The molecule has 4 heteroatoms. The van der Waals surface area contributed by atoms with Crippen LogP contribution in [0.2, 0.25) is 0 Å². The van der Waals surface area contributed by atoms with Crippen molar-refractivity contribution in [3.8, 4) is 11.5 Å². The third-order valence-corrected chi connectivity index (χ3v) is 4.34. The summed E-state index contributed by atoms with van der Waals surface area (Å²) in [7, 11) is 0. The van der Waals surface area contributed by atoms with Gasteiger partial charge in [-0.05, 0) is 55.3 Å². The van der Waals surface area contributed by atoms with Crippen LogP contribution in [0.4, 0.5) is 5.69 Å². The van der Waals surface area contributed by atoms with Gasteiger partial charge in [-0.15, -0.1) is 0 Å². The highest BCUT2D eigenvalue weighted by atomic mass is 16.5. The Balaban J connectivity index is 1.63. The van der Waals surface area contributed by atoms with Crippen molar-refractivity contribution in [1.29, 1.82) is 0 Å². The molecule has 0 spiro atoms. The van der Waals surface area contributed by atoms with Gasteiger partial charge in [0.2, 0.25) is 0 Å². The Kier molecular flexibility index (Phi) is 6.10. The van der Waals surface area contributed by atoms with E-state index in [9.17, 15) is 4.79 Å². The number of carbonyl (C=O) groups is 1. The van der Waals surface area contributed by atoms with Crippen LogP contribution < -0.4 is 14.8 Å². The fourth-order valence-electron chi connectivity index (χ4n) is 2.68. The molecule has 0 fully saturated rings. The predicted molar refractivity (Wildman–Crippen MR) is 108 cm³/mol. The van der Waals surface area contributed by atoms with E-state index in [1.54, 1.807) is 12.1 Å². The van der Waals surface area contributed by atoms with E-state index >= 15 is 0 Å². The molecule has 1 N–H and O–H groups in total. The Morgan fingerprint density at radius 2 is 1.52 bits per heavy atom. The van der Waals surface area contributed by atoms with Crippen LogP contribution in [-0.2, 0) is 0 Å². The number of benzene rings is 3. The number of carbonyl (C=O) groups excluding carboxylic acids is 1. The summed E-state index contributed by atoms with van der Waals surface area (Å²) >= 11 is 0. The lowest BCUT2D eigenvalue weighted by molar-refractivity contribution is 0.102. The first-order valence-electron chi connectivity index (χ1n) is 8.92. The molecule has 27 heavy (non-hydrogen) atoms. The lowest BCUT2D eigenvalue weighted by Gasteiger charge is -2.14. The van der Waals surface area contributed by atoms with Crippen molar-refractivity contribution in [2.75, 3.05) is 18.5 Å². The van der Waals surface area contributed by atoms with Crippen molar-refractivity contribution in [3.05, 3.63) is 89.5 Å². The van der Waals surface area contributed by atoms with E-state index in [0.717, 1.165) is 22.6 Å². The number of hydrogen-bond donors (Lipinski definition) is 1. The summed E-state index contributed by atoms with van der Waals surface area (Å²) in [6.07, 6.45) is 0. The van der Waals surface area contributed by atoms with E-state index < -0.39 is 0 Å². The molecular formula is C23H23NO3. The van der Waals surface area contributed by atoms with Gasteiger partial charge < -0.3 is 14.8 Å². The molecule has 1 amide bonds. The molecule has 0 saturated carbocycles. The molecule has 0 unspecified atom stereocenters. The van der Waals surface area contributed by atoms with Crippen molar-refractivity contribution in [2.24, 2.45) is 0 Å². The standard InChI is InChI=1S/C23H23NO3/c1-17-9-8-13-21(18(17)2)24-23(25)20-12-6-7-14-22(20)27-16-15-26-19-10-4-3-5-11-19/h3-14H,15-16H2,1-2H3,(H,24,25). The molecular weight excluding hydrogens is 338 g/mol. The molecule has 0 atom stereocenters. The Morgan fingerprint density at radius 1 is 0.815 bits per heavy atom. The molecule has 3 rings (SSSR count). The summed E-state index contributed by atoms with van der Waals surface area (Å²) in [5, 5.41) is 2.97. The van der Waals surface area contributed by atoms with Gasteiger partial charge in [0.1, 0.15) is 24.7 Å². The topological polar surface area (TPSA) is 47.6 Å². The number of hydrogen-bond acceptors (Lipinski definition) is 3. The molecule has 0 aliphatic rings. The van der Waals surface area contributed by atoms with E-state index in [0.29, 0.717) is 24.5 Å². The van der Waals surface area contributed by atoms with Gasteiger partial charge in [-0.1, -0.05) is 42.5 Å². The Bertz CT molecular complexity index is 907. The molecule has 0 heterocycles. The van der Waals surface area contributed by atoms with E-state index in [1.165, 1.54) is 0 Å². The monoisotopic (exact) mass is 361 g/mol. The van der Waals surface area contributed by atoms with E-state index in [4.69, 9.17) is 9.47 Å². The maximum Gasteiger partial charge on any atom is 0.259 e. The van der Waals surface area contributed by atoms with Crippen LogP contribution in [0.25, 0.3) is 0 Å². The first kappa shape index (κ1) is 18.5. The SMILES string of the molecule is Cc1cccc(NC(=O)c2ccccc2OCCOc2ccccc2)c1C. The van der Waals surface area contributed by atoms with Gasteiger partial charge in [-0.25, -0.2) is 0 Å². The fourth-order valence-corrected chi connectivity index (χ4v) is 2.68. The normalized spacial score (nSPS) is 10.3. The minimum Gasteiger partial charge on any atom is -0.490 e. The van der Waals surface area contributed by atoms with Crippen LogP contribution in [0.5, 0.6) is 11.5 Å². The zero-order valence-corrected chi connectivity index (χ0v) is 15.6. The third-order valence-electron chi connectivity index (χ3n) is 4.34. The number of nitrogens with one attached hydrogen (secondary N) is 1. The van der Waals surface area contributed by atoms with Gasteiger partial charge in [0, 0.05) is 5.69 Å². The highest BCUT2D eigenvalue weighted by molar-refractivity contribution is 6.06. The zero-order valence-electron chi connectivity index (χ0n) is 15.6. The first-order valence-corrected chi connectivity index (χ1v) is 8.92. The number of para-hydroxylation sites is 2. The maximum atomic E-state index is 12.7. The Hall–Kier alpha value is -3.27. The minimum atomic E-state index is -0.191. The van der Waals surface area contributed by atoms with Crippen LogP contribution in [0.15, 0.2) is 72.8 Å². The summed E-state index contributed by atoms with van der Waals surface area (Å²) in [6.45, 7) is 4.77. The van der Waals surface area contributed by atoms with Crippen molar-refractivity contribution in [2.45, 2.75) is 13.8 Å². The second-order valence-electron chi connectivity index (χ2n) is 6.21. The van der Waals surface area contributed by atoms with Crippen LogP contribution in [0, 0.1) is 13.8 Å². The van der Waals surface area contributed by atoms with Crippen molar-refractivity contribution in [1.82, 2.24) is 0 Å². The lowest BCUT2D eigenvalue weighted by atomic mass is 10.1. The van der Waals surface area contributed by atoms with Crippen LogP contribution in [-0.4, -0.2) is 19.1 Å². The van der Waals surface area contributed by atoms with Gasteiger partial charge >= 0.3 is 0 Å². The second kappa shape index (κ2) is 8.90. The van der Waals surface area contributed by atoms with E-state index in [1.807, 2.05) is 74.5 Å². The molecule has 0 radical (unpaired) electrons. The third kappa shape index (κ3) is 4.88. The summed E-state index contributed by atoms with van der Waals surface area (Å²) in [6, 6.07) is 22.6. The molecule has 138 valence electrons. The number of amides is 1. The summed E-state index contributed by atoms with van der Waals surface area (Å²) in [5.41, 5.74) is 3.50. The van der Waals surface area contributed by atoms with Crippen molar-refractivity contribution < 1.29 is 14.3 Å². The van der Waals surface area contributed by atoms with Gasteiger partial charge in [-0.2, -0.15) is 0 Å². The summed E-state index contributed by atoms with van der Waals surface area (Å²) in [5.74, 6) is 1.14. The van der Waals surface area contributed by atoms with Crippen molar-refractivity contribution >= 4 is 11.6 Å². The van der Waals surface area contributed by atoms with Gasteiger partial charge in [0.25, 0.3) is 5.91 Å². The summed E-state index contributed by atoms with van der Waals surface area (Å²) in [4.78, 5) is 12.7. The average molecular weight is 361 g/mol. The number of aryl methyl sites for hydroxylation is 1. The molecule has 0 aromatic heterocycles. The van der Waals surface area contributed by atoms with Gasteiger partial charge in [0.15, 0.2) is 0 Å². The molecule has 0 aliphatic heterocycles. The second-order valence-corrected chi connectivity index (χ2v) is 6.21. The quantitative estimate of drug-likeness (QED) is 0.602. The number of anilines is 1. The molecule has 3 aromatic carbocycles. The van der Waals surface area contributed by atoms with Gasteiger partial charge in [0.05, 0.1) is 5.56 Å². The van der Waals surface area contributed by atoms with E-state index in [2.05, 4.69) is 5.32 Å². The lowest BCUT2D eigenvalue weighted by Crippen LogP contribution is -2.16. The van der Waals surface area contributed by atoms with E-state index in [-0.39, 0.29) is 5.91 Å². The predicted octanol–water partition coefficient (Wildman–Crippen LogP) is 5.01.